The lowest BCUT2D eigenvalue weighted by Crippen LogP contribution is -2.28. The minimum atomic E-state index is -0.756. The van der Waals surface area contributed by atoms with Gasteiger partial charge < -0.3 is 9.47 Å². The Labute approximate surface area is 119 Å². The van der Waals surface area contributed by atoms with Gasteiger partial charge in [-0.3, -0.25) is 0 Å². The summed E-state index contributed by atoms with van der Waals surface area (Å²) in [6.45, 7) is 5.00. The van der Waals surface area contributed by atoms with Crippen LogP contribution < -0.4 is 0 Å². The van der Waals surface area contributed by atoms with Crippen molar-refractivity contribution >= 4 is 0 Å². The Balaban J connectivity index is 2.00. The van der Waals surface area contributed by atoms with Gasteiger partial charge in [0.25, 0.3) is 0 Å². The second-order valence-electron chi connectivity index (χ2n) is 4.87. The Morgan fingerprint density at radius 2 is 1.50 bits per heavy atom. The second-order valence-corrected chi connectivity index (χ2v) is 4.87. The van der Waals surface area contributed by atoms with E-state index >= 15 is 0 Å². The van der Waals surface area contributed by atoms with Gasteiger partial charge in [0.1, 0.15) is 0 Å². The molecule has 0 bridgehead atoms. The van der Waals surface area contributed by atoms with E-state index in [1.54, 1.807) is 0 Å². The topological polar surface area (TPSA) is 18.5 Å². The number of rotatable bonds is 4. The summed E-state index contributed by atoms with van der Waals surface area (Å²) < 4.78 is 11.9. The molecule has 0 aliphatic carbocycles. The molecule has 0 atom stereocenters. The zero-order chi connectivity index (χ0) is 13.8. The van der Waals surface area contributed by atoms with E-state index in [9.17, 15) is 0 Å². The van der Waals surface area contributed by atoms with Crippen LogP contribution in [-0.4, -0.2) is 13.2 Å². The summed E-state index contributed by atoms with van der Waals surface area (Å²) >= 11 is 0. The van der Waals surface area contributed by atoms with Crippen molar-refractivity contribution < 1.29 is 9.47 Å². The Kier molecular flexibility index (Phi) is 3.68. The molecule has 0 saturated carbocycles. The van der Waals surface area contributed by atoms with Crippen LogP contribution in [0.4, 0.5) is 0 Å². The first-order valence-electron chi connectivity index (χ1n) is 6.89. The first-order valence-corrected chi connectivity index (χ1v) is 6.89. The lowest BCUT2D eigenvalue weighted by atomic mass is 9.96. The van der Waals surface area contributed by atoms with Gasteiger partial charge in [0, 0.05) is 11.1 Å². The van der Waals surface area contributed by atoms with Gasteiger partial charge in [-0.25, -0.2) is 0 Å². The second kappa shape index (κ2) is 5.61. The van der Waals surface area contributed by atoms with Crippen LogP contribution in [-0.2, 0) is 21.7 Å². The summed E-state index contributed by atoms with van der Waals surface area (Å²) in [6.07, 6.45) is 2.78. The predicted molar refractivity (Wildman–Crippen MR) is 79.5 cm³/mol. The number of benzene rings is 2. The minimum Gasteiger partial charge on any atom is -0.340 e. The molecule has 1 aliphatic rings. The standard InChI is InChI=1S/C18H18O2/c1-2-6-15-9-11-17(12-10-15)18(19-13-14-20-18)16-7-4-3-5-8-16/h2-5,7-12H,1,6,13-14H2. The molecule has 0 N–H and O–H groups in total. The largest absolute Gasteiger partial charge is 0.340 e. The summed E-state index contributed by atoms with van der Waals surface area (Å²) in [6, 6.07) is 18.5. The van der Waals surface area contributed by atoms with Crippen molar-refractivity contribution in [3.8, 4) is 0 Å². The molecule has 1 heterocycles. The van der Waals surface area contributed by atoms with Gasteiger partial charge in [-0.1, -0.05) is 60.7 Å². The lowest BCUT2D eigenvalue weighted by molar-refractivity contribution is -0.129. The zero-order valence-corrected chi connectivity index (χ0v) is 11.4. The summed E-state index contributed by atoms with van der Waals surface area (Å²) in [4.78, 5) is 0. The number of hydrogen-bond acceptors (Lipinski definition) is 2. The van der Waals surface area contributed by atoms with E-state index < -0.39 is 5.79 Å². The predicted octanol–water partition coefficient (Wildman–Crippen LogP) is 3.66. The fourth-order valence-electron chi connectivity index (χ4n) is 2.60. The molecule has 0 spiro atoms. The summed E-state index contributed by atoms with van der Waals surface area (Å²) in [7, 11) is 0. The molecule has 0 radical (unpaired) electrons. The van der Waals surface area contributed by atoms with Crippen LogP contribution in [0.1, 0.15) is 16.7 Å². The van der Waals surface area contributed by atoms with Crippen LogP contribution in [0.15, 0.2) is 67.3 Å². The Bertz CT molecular complexity index is 566. The van der Waals surface area contributed by atoms with E-state index in [1.165, 1.54) is 5.56 Å². The average Bonchev–Trinajstić information content (AvgIpc) is 3.00. The quantitative estimate of drug-likeness (QED) is 0.786. The van der Waals surface area contributed by atoms with Crippen LogP contribution >= 0.6 is 0 Å². The number of ether oxygens (including phenoxy) is 2. The van der Waals surface area contributed by atoms with Crippen molar-refractivity contribution in [3.05, 3.63) is 83.9 Å². The molecule has 2 heteroatoms. The van der Waals surface area contributed by atoms with E-state index in [-0.39, 0.29) is 0 Å². The van der Waals surface area contributed by atoms with Crippen molar-refractivity contribution in [2.75, 3.05) is 13.2 Å². The average molecular weight is 266 g/mol. The van der Waals surface area contributed by atoms with Gasteiger partial charge in [0.15, 0.2) is 0 Å². The molecule has 0 unspecified atom stereocenters. The highest BCUT2D eigenvalue weighted by Crippen LogP contribution is 2.38. The first kappa shape index (κ1) is 13.1. The summed E-state index contributed by atoms with van der Waals surface area (Å²) in [5.41, 5.74) is 3.31. The highest BCUT2D eigenvalue weighted by molar-refractivity contribution is 5.36. The van der Waals surface area contributed by atoms with Crippen LogP contribution in [0.3, 0.4) is 0 Å². The molecule has 20 heavy (non-hydrogen) atoms. The van der Waals surface area contributed by atoms with Crippen molar-refractivity contribution in [3.63, 3.8) is 0 Å². The van der Waals surface area contributed by atoms with Crippen LogP contribution in [0, 0.1) is 0 Å². The summed E-state index contributed by atoms with van der Waals surface area (Å²) in [5, 5.41) is 0. The molecule has 3 rings (SSSR count). The monoisotopic (exact) mass is 266 g/mol. The molecule has 2 aromatic rings. The third-order valence-corrected chi connectivity index (χ3v) is 3.56. The molecule has 2 nitrogen and oxygen atoms in total. The van der Waals surface area contributed by atoms with E-state index in [2.05, 4.69) is 30.8 Å². The molecule has 1 aliphatic heterocycles. The highest BCUT2D eigenvalue weighted by Gasteiger charge is 2.40. The van der Waals surface area contributed by atoms with E-state index in [0.717, 1.165) is 17.5 Å². The van der Waals surface area contributed by atoms with Gasteiger partial charge >= 0.3 is 0 Å². The van der Waals surface area contributed by atoms with Crippen LogP contribution in [0.5, 0.6) is 0 Å². The molecule has 0 amide bonds. The molecular weight excluding hydrogens is 248 g/mol. The zero-order valence-electron chi connectivity index (χ0n) is 11.4. The molecule has 0 aromatic heterocycles. The molecule has 1 saturated heterocycles. The Morgan fingerprint density at radius 1 is 0.900 bits per heavy atom. The van der Waals surface area contributed by atoms with Gasteiger partial charge in [-0.2, -0.15) is 0 Å². The van der Waals surface area contributed by atoms with Crippen LogP contribution in [0.25, 0.3) is 0 Å². The highest BCUT2D eigenvalue weighted by atomic mass is 16.7. The maximum atomic E-state index is 5.97. The minimum absolute atomic E-state index is 0.614. The normalized spacial score (nSPS) is 17.0. The Hall–Kier alpha value is -1.90. The SMILES string of the molecule is C=CCc1ccc(C2(c3ccccc3)OCCO2)cc1. The Morgan fingerprint density at radius 3 is 2.10 bits per heavy atom. The third kappa shape index (κ3) is 2.28. The summed E-state index contributed by atoms with van der Waals surface area (Å²) in [5.74, 6) is -0.756. The smallest absolute Gasteiger partial charge is 0.222 e. The molecule has 1 fully saturated rings. The maximum Gasteiger partial charge on any atom is 0.222 e. The fourth-order valence-corrected chi connectivity index (χ4v) is 2.60. The first-order chi connectivity index (χ1) is 9.85. The van der Waals surface area contributed by atoms with Gasteiger partial charge in [-0.05, 0) is 12.0 Å². The molecular formula is C18H18O2. The van der Waals surface area contributed by atoms with Crippen molar-refractivity contribution in [1.82, 2.24) is 0 Å². The number of allylic oxidation sites excluding steroid dienone is 1. The van der Waals surface area contributed by atoms with Gasteiger partial charge in [0.05, 0.1) is 13.2 Å². The van der Waals surface area contributed by atoms with E-state index in [1.807, 2.05) is 36.4 Å². The molecule has 2 aromatic carbocycles. The van der Waals surface area contributed by atoms with Gasteiger partial charge in [-0.15, -0.1) is 6.58 Å². The van der Waals surface area contributed by atoms with Crippen molar-refractivity contribution in [2.24, 2.45) is 0 Å². The van der Waals surface area contributed by atoms with E-state index in [4.69, 9.17) is 9.47 Å². The molecule has 102 valence electrons. The van der Waals surface area contributed by atoms with Crippen molar-refractivity contribution in [1.29, 1.82) is 0 Å². The van der Waals surface area contributed by atoms with E-state index in [0.29, 0.717) is 13.2 Å². The van der Waals surface area contributed by atoms with Crippen LogP contribution in [0.2, 0.25) is 0 Å². The van der Waals surface area contributed by atoms with Crippen molar-refractivity contribution in [2.45, 2.75) is 12.2 Å². The lowest BCUT2D eigenvalue weighted by Gasteiger charge is -2.28. The fraction of sp³-hybridized carbons (Fsp3) is 0.222. The third-order valence-electron chi connectivity index (χ3n) is 3.56. The maximum absolute atomic E-state index is 5.97. The van der Waals surface area contributed by atoms with Gasteiger partial charge in [0.2, 0.25) is 5.79 Å². The number of hydrogen-bond donors (Lipinski definition) is 0.